The van der Waals surface area contributed by atoms with Crippen molar-refractivity contribution in [1.82, 2.24) is 20.0 Å². The lowest BCUT2D eigenvalue weighted by Crippen LogP contribution is -2.40. The Balaban J connectivity index is 1.27. The number of likely N-dealkylation sites (tertiary alicyclic amines) is 1. The molecule has 1 unspecified atom stereocenters. The van der Waals surface area contributed by atoms with Crippen molar-refractivity contribution in [3.63, 3.8) is 0 Å². The van der Waals surface area contributed by atoms with Crippen LogP contribution in [0, 0.1) is 5.92 Å². The maximum absolute atomic E-state index is 13.1. The highest BCUT2D eigenvalue weighted by atomic mass is 32.1. The van der Waals surface area contributed by atoms with Crippen molar-refractivity contribution in [2.75, 3.05) is 20.2 Å². The number of methoxy groups -OCH3 is 1. The number of amides is 1. The Morgan fingerprint density at radius 3 is 3.13 bits per heavy atom. The first kappa shape index (κ1) is 18.9. The molecule has 0 spiro atoms. The number of benzene rings is 1. The van der Waals surface area contributed by atoms with Crippen molar-refractivity contribution < 1.29 is 14.1 Å². The molecule has 1 N–H and O–H groups in total. The number of nitrogens with one attached hydrogen (secondary N) is 1. The molecule has 30 heavy (non-hydrogen) atoms. The van der Waals surface area contributed by atoms with E-state index in [1.54, 1.807) is 18.4 Å². The summed E-state index contributed by atoms with van der Waals surface area (Å²) in [6, 6.07) is 9.66. The first-order valence-electron chi connectivity index (χ1n) is 10.0. The standard InChI is InChI=1S/C22H22N4O3S/c1-28-17-5-4-15-10-19(23-18(15)11-17)22(27)26-7-2-3-14(12-26)9-20-24-21(25-29-20)16-6-8-30-13-16/h4-6,8,10-11,13-14,23H,2-3,7,9,12H2,1H3. The summed E-state index contributed by atoms with van der Waals surface area (Å²) in [5, 5.41) is 9.09. The van der Waals surface area contributed by atoms with Gasteiger partial charge in [-0.15, -0.1) is 0 Å². The summed E-state index contributed by atoms with van der Waals surface area (Å²) in [6.07, 6.45) is 2.70. The van der Waals surface area contributed by atoms with Crippen LogP contribution in [0.4, 0.5) is 0 Å². The number of hydrogen-bond donors (Lipinski definition) is 1. The Labute approximate surface area is 177 Å². The molecule has 0 radical (unpaired) electrons. The first-order chi connectivity index (χ1) is 14.7. The SMILES string of the molecule is COc1ccc2cc(C(=O)N3CCCC(Cc4nc(-c5ccsc5)no4)C3)[nH]c2c1. The Kier molecular flexibility index (Phi) is 5.00. The summed E-state index contributed by atoms with van der Waals surface area (Å²) in [6.45, 7) is 1.45. The van der Waals surface area contributed by atoms with E-state index >= 15 is 0 Å². The van der Waals surface area contributed by atoms with Crippen LogP contribution in [0.25, 0.3) is 22.3 Å². The van der Waals surface area contributed by atoms with Crippen molar-refractivity contribution in [3.8, 4) is 17.1 Å². The number of carbonyl (C=O) groups is 1. The third-order valence-electron chi connectivity index (χ3n) is 5.58. The van der Waals surface area contributed by atoms with Gasteiger partial charge in [-0.3, -0.25) is 4.79 Å². The zero-order valence-electron chi connectivity index (χ0n) is 16.6. The van der Waals surface area contributed by atoms with Crippen LogP contribution in [0.15, 0.2) is 45.6 Å². The topological polar surface area (TPSA) is 84.2 Å². The summed E-state index contributed by atoms with van der Waals surface area (Å²) in [5.41, 5.74) is 2.49. The van der Waals surface area contributed by atoms with Gasteiger partial charge in [0, 0.05) is 47.4 Å². The number of carbonyl (C=O) groups excluding carboxylic acids is 1. The van der Waals surface area contributed by atoms with E-state index in [2.05, 4.69) is 15.1 Å². The summed E-state index contributed by atoms with van der Waals surface area (Å²) >= 11 is 1.61. The molecule has 1 saturated heterocycles. The largest absolute Gasteiger partial charge is 0.497 e. The van der Waals surface area contributed by atoms with Crippen molar-refractivity contribution >= 4 is 28.1 Å². The predicted octanol–water partition coefficient (Wildman–Crippen LogP) is 4.38. The van der Waals surface area contributed by atoms with E-state index in [0.29, 0.717) is 36.3 Å². The molecule has 1 amide bonds. The molecule has 1 aromatic carbocycles. The van der Waals surface area contributed by atoms with Crippen LogP contribution in [-0.2, 0) is 6.42 Å². The van der Waals surface area contributed by atoms with Crippen LogP contribution in [0.2, 0.25) is 0 Å². The minimum Gasteiger partial charge on any atom is -0.497 e. The van der Waals surface area contributed by atoms with E-state index in [0.717, 1.165) is 41.6 Å². The molecule has 1 fully saturated rings. The highest BCUT2D eigenvalue weighted by molar-refractivity contribution is 7.08. The predicted molar refractivity (Wildman–Crippen MR) is 115 cm³/mol. The van der Waals surface area contributed by atoms with Gasteiger partial charge in [-0.05, 0) is 48.4 Å². The molecule has 5 rings (SSSR count). The zero-order chi connectivity index (χ0) is 20.5. The number of piperidine rings is 1. The third kappa shape index (κ3) is 3.70. The van der Waals surface area contributed by atoms with E-state index in [-0.39, 0.29) is 5.91 Å². The maximum atomic E-state index is 13.1. The van der Waals surface area contributed by atoms with Gasteiger partial charge in [-0.2, -0.15) is 16.3 Å². The maximum Gasteiger partial charge on any atom is 0.270 e. The van der Waals surface area contributed by atoms with Crippen molar-refractivity contribution in [1.29, 1.82) is 0 Å². The Bertz CT molecular complexity index is 1160. The van der Waals surface area contributed by atoms with Crippen LogP contribution in [0.1, 0.15) is 29.2 Å². The smallest absolute Gasteiger partial charge is 0.270 e. The van der Waals surface area contributed by atoms with Gasteiger partial charge in [-0.1, -0.05) is 5.16 Å². The number of H-pyrrole nitrogens is 1. The number of thiophene rings is 1. The Morgan fingerprint density at radius 2 is 2.30 bits per heavy atom. The average molecular weight is 423 g/mol. The fraction of sp³-hybridized carbons (Fsp3) is 0.318. The molecule has 0 saturated carbocycles. The van der Waals surface area contributed by atoms with Crippen molar-refractivity contribution in [2.45, 2.75) is 19.3 Å². The number of aromatic nitrogens is 3. The van der Waals surface area contributed by atoms with E-state index < -0.39 is 0 Å². The van der Waals surface area contributed by atoms with Gasteiger partial charge in [0.05, 0.1) is 7.11 Å². The van der Waals surface area contributed by atoms with Gasteiger partial charge in [0.1, 0.15) is 11.4 Å². The molecular formula is C22H22N4O3S. The summed E-state index contributed by atoms with van der Waals surface area (Å²) in [4.78, 5) is 22.8. The molecule has 4 heterocycles. The lowest BCUT2D eigenvalue weighted by atomic mass is 9.94. The number of aromatic amines is 1. The van der Waals surface area contributed by atoms with Crippen LogP contribution in [0.3, 0.4) is 0 Å². The molecule has 1 atom stereocenters. The van der Waals surface area contributed by atoms with Gasteiger partial charge in [0.25, 0.3) is 5.91 Å². The van der Waals surface area contributed by atoms with Gasteiger partial charge >= 0.3 is 0 Å². The second-order valence-electron chi connectivity index (χ2n) is 7.62. The molecule has 7 nitrogen and oxygen atoms in total. The molecule has 4 aromatic rings. The summed E-state index contributed by atoms with van der Waals surface area (Å²) in [7, 11) is 1.64. The zero-order valence-corrected chi connectivity index (χ0v) is 17.4. The molecule has 1 aliphatic heterocycles. The number of fused-ring (bicyclic) bond motifs is 1. The van der Waals surface area contributed by atoms with Crippen LogP contribution >= 0.6 is 11.3 Å². The number of nitrogens with zero attached hydrogens (tertiary/aromatic N) is 3. The van der Waals surface area contributed by atoms with Gasteiger partial charge in [0.2, 0.25) is 11.7 Å². The number of ether oxygens (including phenoxy) is 1. The molecule has 154 valence electrons. The van der Waals surface area contributed by atoms with E-state index in [1.807, 2.05) is 46.0 Å². The van der Waals surface area contributed by atoms with Crippen molar-refractivity contribution in [2.24, 2.45) is 5.92 Å². The minimum absolute atomic E-state index is 0.0272. The second-order valence-corrected chi connectivity index (χ2v) is 8.40. The van der Waals surface area contributed by atoms with Gasteiger partial charge in [-0.25, -0.2) is 0 Å². The fourth-order valence-electron chi connectivity index (χ4n) is 4.03. The molecule has 8 heteroatoms. The normalized spacial score (nSPS) is 16.8. The minimum atomic E-state index is 0.0272. The molecular weight excluding hydrogens is 400 g/mol. The molecule has 0 aliphatic carbocycles. The van der Waals surface area contributed by atoms with Gasteiger partial charge < -0.3 is 19.1 Å². The van der Waals surface area contributed by atoms with E-state index in [9.17, 15) is 4.79 Å². The lowest BCUT2D eigenvalue weighted by molar-refractivity contribution is 0.0663. The molecule has 3 aromatic heterocycles. The summed E-state index contributed by atoms with van der Waals surface area (Å²) < 4.78 is 10.7. The first-order valence-corrected chi connectivity index (χ1v) is 10.9. The lowest BCUT2D eigenvalue weighted by Gasteiger charge is -2.31. The van der Waals surface area contributed by atoms with Crippen molar-refractivity contribution in [3.05, 3.63) is 52.7 Å². The average Bonchev–Trinajstić information content (AvgIpc) is 3.52. The van der Waals surface area contributed by atoms with E-state index in [1.165, 1.54) is 0 Å². The fourth-order valence-corrected chi connectivity index (χ4v) is 4.66. The van der Waals surface area contributed by atoms with E-state index in [4.69, 9.17) is 9.26 Å². The van der Waals surface area contributed by atoms with Crippen LogP contribution in [-0.4, -0.2) is 46.1 Å². The number of rotatable bonds is 5. The highest BCUT2D eigenvalue weighted by Crippen LogP contribution is 2.26. The third-order valence-corrected chi connectivity index (χ3v) is 6.26. The number of hydrogen-bond acceptors (Lipinski definition) is 6. The second kappa shape index (κ2) is 7.95. The Morgan fingerprint density at radius 1 is 1.37 bits per heavy atom. The quantitative estimate of drug-likeness (QED) is 0.516. The molecule has 0 bridgehead atoms. The van der Waals surface area contributed by atoms with Gasteiger partial charge in [0.15, 0.2) is 0 Å². The summed E-state index contributed by atoms with van der Waals surface area (Å²) in [5.74, 6) is 2.36. The molecule has 1 aliphatic rings. The highest BCUT2D eigenvalue weighted by Gasteiger charge is 2.27. The Hall–Kier alpha value is -3.13. The monoisotopic (exact) mass is 422 g/mol. The van der Waals surface area contributed by atoms with Crippen LogP contribution < -0.4 is 4.74 Å². The van der Waals surface area contributed by atoms with Crippen LogP contribution in [0.5, 0.6) is 5.75 Å².